The van der Waals surface area contributed by atoms with Crippen LogP contribution in [-0.4, -0.2) is 81.5 Å². The third kappa shape index (κ3) is 8.26. The van der Waals surface area contributed by atoms with E-state index in [0.29, 0.717) is 45.0 Å². The molecule has 0 aliphatic carbocycles. The predicted octanol–water partition coefficient (Wildman–Crippen LogP) is 4.07. The molecule has 0 saturated carbocycles. The minimum Gasteiger partial charge on any atom is -0.475 e. The lowest BCUT2D eigenvalue weighted by Gasteiger charge is -2.45. The van der Waals surface area contributed by atoms with Crippen molar-refractivity contribution >= 4 is 17.8 Å². The fourth-order valence-electron chi connectivity index (χ4n) is 3.89. The maximum Gasteiger partial charge on any atom is 0.490 e. The summed E-state index contributed by atoms with van der Waals surface area (Å²) in [5.41, 5.74) is -1.03. The number of carboxylic acid groups (broad SMARTS) is 2. The molecule has 17 heteroatoms. The Labute approximate surface area is 209 Å². The molecule has 2 aromatic rings. The number of piperidine rings is 1. The lowest BCUT2D eigenvalue weighted by atomic mass is 9.75. The summed E-state index contributed by atoms with van der Waals surface area (Å²) in [6, 6.07) is 3.72. The number of likely N-dealkylation sites (tertiary alicyclic amines) is 1. The van der Waals surface area contributed by atoms with Crippen LogP contribution in [0.4, 0.5) is 40.9 Å². The lowest BCUT2D eigenvalue weighted by Crippen LogP contribution is -2.56. The fourth-order valence-corrected chi connectivity index (χ4v) is 3.89. The number of alkyl halides is 8. The Bertz CT molecular complexity index is 1030. The molecule has 0 radical (unpaired) electrons. The van der Waals surface area contributed by atoms with Gasteiger partial charge in [-0.25, -0.2) is 23.4 Å². The third-order valence-corrected chi connectivity index (χ3v) is 5.72. The molecule has 2 saturated heterocycles. The molecule has 2 aromatic heterocycles. The number of carboxylic acids is 2. The van der Waals surface area contributed by atoms with E-state index < -0.39 is 35.6 Å². The Morgan fingerprint density at radius 2 is 1.58 bits per heavy atom. The van der Waals surface area contributed by atoms with Crippen molar-refractivity contribution in [2.24, 2.45) is 5.41 Å². The largest absolute Gasteiger partial charge is 0.490 e. The SMILES string of the molecule is FC1(F)CCN(Cc2ccco2)CC12CCN(c1cnccn1)C2.O=C(O)C(F)(F)F.O=C(O)C(F)(F)F. The van der Waals surface area contributed by atoms with Crippen LogP contribution in [0.1, 0.15) is 18.6 Å². The molecule has 4 heterocycles. The zero-order chi connectivity index (χ0) is 28.8. The van der Waals surface area contributed by atoms with Gasteiger partial charge in [0.25, 0.3) is 5.92 Å². The monoisotopic (exact) mass is 562 g/mol. The van der Waals surface area contributed by atoms with E-state index in [2.05, 4.69) is 14.9 Å². The van der Waals surface area contributed by atoms with Gasteiger partial charge < -0.3 is 19.5 Å². The van der Waals surface area contributed by atoms with Crippen LogP contribution in [0.3, 0.4) is 0 Å². The summed E-state index contributed by atoms with van der Waals surface area (Å²) in [5.74, 6) is -6.68. The van der Waals surface area contributed by atoms with Gasteiger partial charge >= 0.3 is 24.3 Å². The van der Waals surface area contributed by atoms with E-state index in [9.17, 15) is 35.1 Å². The second-order valence-electron chi connectivity index (χ2n) is 8.37. The molecule has 1 spiro atoms. The molecule has 0 amide bonds. The van der Waals surface area contributed by atoms with Gasteiger partial charge in [-0.2, -0.15) is 26.3 Å². The van der Waals surface area contributed by atoms with Crippen molar-refractivity contribution in [3.63, 3.8) is 0 Å². The van der Waals surface area contributed by atoms with Crippen LogP contribution in [0.2, 0.25) is 0 Å². The van der Waals surface area contributed by atoms with Crippen molar-refractivity contribution in [1.29, 1.82) is 0 Å². The molecule has 1 unspecified atom stereocenters. The molecule has 2 aliphatic heterocycles. The zero-order valence-corrected chi connectivity index (χ0v) is 19.3. The predicted molar refractivity (Wildman–Crippen MR) is 112 cm³/mol. The Hall–Kier alpha value is -3.50. The van der Waals surface area contributed by atoms with Gasteiger partial charge in [-0.3, -0.25) is 9.88 Å². The summed E-state index contributed by atoms with van der Waals surface area (Å²) in [6.45, 7) is 2.24. The highest BCUT2D eigenvalue weighted by atomic mass is 19.4. The van der Waals surface area contributed by atoms with Crippen molar-refractivity contribution in [2.45, 2.75) is 37.7 Å². The van der Waals surface area contributed by atoms with Gasteiger partial charge in [0.1, 0.15) is 11.6 Å². The van der Waals surface area contributed by atoms with E-state index in [1.165, 1.54) is 0 Å². The number of nitrogens with zero attached hydrogens (tertiary/aromatic N) is 4. The first kappa shape index (κ1) is 30.7. The van der Waals surface area contributed by atoms with E-state index >= 15 is 0 Å². The molecule has 0 aromatic carbocycles. The van der Waals surface area contributed by atoms with Gasteiger partial charge in [0.05, 0.1) is 24.4 Å². The first-order valence-electron chi connectivity index (χ1n) is 10.7. The summed E-state index contributed by atoms with van der Waals surface area (Å²) in [6.07, 6.45) is -3.36. The molecule has 9 nitrogen and oxygen atoms in total. The van der Waals surface area contributed by atoms with E-state index in [4.69, 9.17) is 24.2 Å². The first-order chi connectivity index (χ1) is 17.5. The minimum absolute atomic E-state index is 0.109. The smallest absolute Gasteiger partial charge is 0.475 e. The van der Waals surface area contributed by atoms with Crippen molar-refractivity contribution in [1.82, 2.24) is 14.9 Å². The molecular formula is C21H22F8N4O5. The van der Waals surface area contributed by atoms with Gasteiger partial charge in [-0.15, -0.1) is 0 Å². The number of aromatic nitrogens is 2. The van der Waals surface area contributed by atoms with Crippen molar-refractivity contribution in [3.8, 4) is 0 Å². The van der Waals surface area contributed by atoms with E-state index in [0.717, 1.165) is 5.76 Å². The highest BCUT2D eigenvalue weighted by Crippen LogP contribution is 2.50. The quantitative estimate of drug-likeness (QED) is 0.534. The van der Waals surface area contributed by atoms with Gasteiger partial charge in [0.15, 0.2) is 0 Å². The van der Waals surface area contributed by atoms with Crippen LogP contribution in [0.25, 0.3) is 0 Å². The Kier molecular flexibility index (Phi) is 9.63. The topological polar surface area (TPSA) is 120 Å². The van der Waals surface area contributed by atoms with Crippen LogP contribution < -0.4 is 4.90 Å². The average molecular weight is 562 g/mol. The fraction of sp³-hybridized carbons (Fsp3) is 0.524. The normalized spacial score (nSPS) is 21.2. The summed E-state index contributed by atoms with van der Waals surface area (Å²) in [4.78, 5) is 30.1. The molecule has 0 bridgehead atoms. The highest BCUT2D eigenvalue weighted by Gasteiger charge is 2.59. The number of furan rings is 1. The summed E-state index contributed by atoms with van der Waals surface area (Å²) in [5, 5.41) is 14.2. The number of halogens is 8. The molecule has 4 rings (SSSR count). The average Bonchev–Trinajstić information content (AvgIpc) is 3.48. The zero-order valence-electron chi connectivity index (χ0n) is 19.3. The molecule has 1 atom stereocenters. The summed E-state index contributed by atoms with van der Waals surface area (Å²) >= 11 is 0. The highest BCUT2D eigenvalue weighted by molar-refractivity contribution is 5.73. The van der Waals surface area contributed by atoms with Crippen LogP contribution in [-0.2, 0) is 16.1 Å². The molecule has 2 aliphatic rings. The third-order valence-electron chi connectivity index (χ3n) is 5.72. The number of hydrogen-bond donors (Lipinski definition) is 2. The summed E-state index contributed by atoms with van der Waals surface area (Å²) < 4.78 is 98.4. The maximum absolute atomic E-state index is 14.8. The van der Waals surface area contributed by atoms with Crippen LogP contribution >= 0.6 is 0 Å². The minimum atomic E-state index is -5.08. The van der Waals surface area contributed by atoms with E-state index in [1.54, 1.807) is 24.9 Å². The number of hydrogen-bond acceptors (Lipinski definition) is 7. The Balaban J connectivity index is 0.000000301. The van der Waals surface area contributed by atoms with Gasteiger partial charge in [-0.1, -0.05) is 0 Å². The first-order valence-corrected chi connectivity index (χ1v) is 10.7. The molecule has 2 fully saturated rings. The van der Waals surface area contributed by atoms with E-state index in [1.807, 2.05) is 17.0 Å². The van der Waals surface area contributed by atoms with Crippen LogP contribution in [0.5, 0.6) is 0 Å². The maximum atomic E-state index is 14.8. The van der Waals surface area contributed by atoms with E-state index in [-0.39, 0.29) is 6.42 Å². The molecular weight excluding hydrogens is 540 g/mol. The number of aliphatic carboxylic acids is 2. The van der Waals surface area contributed by atoms with Crippen LogP contribution in [0.15, 0.2) is 41.4 Å². The van der Waals surface area contributed by atoms with Gasteiger partial charge in [0.2, 0.25) is 0 Å². The van der Waals surface area contributed by atoms with Crippen LogP contribution in [0, 0.1) is 5.41 Å². The number of rotatable bonds is 3. The Morgan fingerprint density at radius 1 is 0.974 bits per heavy atom. The van der Waals surface area contributed by atoms with Crippen molar-refractivity contribution < 1.29 is 59.3 Å². The second kappa shape index (κ2) is 11.9. The Morgan fingerprint density at radius 3 is 2.05 bits per heavy atom. The van der Waals surface area contributed by atoms with Gasteiger partial charge in [0, 0.05) is 45.0 Å². The van der Waals surface area contributed by atoms with Gasteiger partial charge in [-0.05, 0) is 18.6 Å². The van der Waals surface area contributed by atoms with Crippen molar-refractivity contribution in [2.75, 3.05) is 31.1 Å². The number of anilines is 1. The molecule has 212 valence electrons. The lowest BCUT2D eigenvalue weighted by molar-refractivity contribution is -0.193. The standard InChI is InChI=1S/C17H20F2N4O.2C2HF3O2/c18-17(19)4-7-22(11-14-2-1-9-24-14)12-16(17)3-8-23(13-16)15-10-20-5-6-21-15;2*3-2(4,5)1(6)7/h1-2,5-6,9-10H,3-4,7-8,11-13H2;2*(H,6,7). The molecule has 38 heavy (non-hydrogen) atoms. The number of carbonyl (C=O) groups is 2. The second-order valence-corrected chi connectivity index (χ2v) is 8.37. The summed E-state index contributed by atoms with van der Waals surface area (Å²) in [7, 11) is 0. The molecule has 2 N–H and O–H groups in total. The van der Waals surface area contributed by atoms with Crippen molar-refractivity contribution in [3.05, 3.63) is 42.7 Å².